The first kappa shape index (κ1) is 16.2. The van der Waals surface area contributed by atoms with E-state index < -0.39 is 17.5 Å². The Hall–Kier alpha value is -3.23. The minimum absolute atomic E-state index is 0.311. The largest absolute Gasteiger partial charge is 0.325 e. The van der Waals surface area contributed by atoms with E-state index in [4.69, 9.17) is 0 Å². The van der Waals surface area contributed by atoms with Crippen LogP contribution in [-0.2, 0) is 9.59 Å². The van der Waals surface area contributed by atoms with E-state index in [-0.39, 0.29) is 12.5 Å². The Labute approximate surface area is 149 Å². The molecule has 0 unspecified atom stereocenters. The summed E-state index contributed by atoms with van der Waals surface area (Å²) in [6.45, 7) is -0.333. The van der Waals surface area contributed by atoms with Crippen LogP contribution < -0.4 is 10.6 Å². The zero-order valence-electron chi connectivity index (χ0n) is 14.0. The lowest BCUT2D eigenvalue weighted by Gasteiger charge is -2.19. The van der Waals surface area contributed by atoms with Crippen LogP contribution in [0.4, 0.5) is 10.5 Å². The Morgan fingerprint density at radius 2 is 2.04 bits per heavy atom. The lowest BCUT2D eigenvalue weighted by molar-refractivity contribution is -0.133. The highest BCUT2D eigenvalue weighted by molar-refractivity contribution is 6.10. The van der Waals surface area contributed by atoms with Gasteiger partial charge in [-0.3, -0.25) is 14.5 Å². The van der Waals surface area contributed by atoms with Crippen LogP contribution in [0.25, 0.3) is 5.82 Å². The number of nitrogens with zero attached hydrogens (tertiary/aromatic N) is 4. The second-order valence-electron chi connectivity index (χ2n) is 6.48. The number of hydrogen-bond acceptors (Lipinski definition) is 5. The van der Waals surface area contributed by atoms with Gasteiger partial charge in [0.05, 0.1) is 5.69 Å². The Bertz CT molecular complexity index is 857. The molecule has 4 rings (SSSR count). The van der Waals surface area contributed by atoms with E-state index in [2.05, 4.69) is 20.7 Å². The maximum absolute atomic E-state index is 12.6. The summed E-state index contributed by atoms with van der Waals surface area (Å²) in [5.74, 6) is -0.325. The molecule has 0 aromatic carbocycles. The van der Waals surface area contributed by atoms with E-state index in [1.165, 1.54) is 4.68 Å². The number of anilines is 1. The second kappa shape index (κ2) is 6.25. The molecule has 9 heteroatoms. The monoisotopic (exact) mass is 354 g/mol. The Morgan fingerprint density at radius 3 is 2.77 bits per heavy atom. The highest BCUT2D eigenvalue weighted by atomic mass is 16.2. The van der Waals surface area contributed by atoms with Gasteiger partial charge in [0.1, 0.15) is 12.1 Å². The molecule has 26 heavy (non-hydrogen) atoms. The summed E-state index contributed by atoms with van der Waals surface area (Å²) in [6, 6.07) is 4.61. The van der Waals surface area contributed by atoms with Crippen LogP contribution >= 0.6 is 0 Å². The predicted molar refractivity (Wildman–Crippen MR) is 91.4 cm³/mol. The summed E-state index contributed by atoms with van der Waals surface area (Å²) >= 11 is 0. The molecular weight excluding hydrogens is 336 g/mol. The van der Waals surface area contributed by atoms with Gasteiger partial charge in [0.25, 0.3) is 5.91 Å². The first-order valence-corrected chi connectivity index (χ1v) is 8.48. The minimum atomic E-state index is -0.814. The average molecular weight is 354 g/mol. The molecule has 0 bridgehead atoms. The number of carbonyl (C=O) groups excluding carboxylic acids is 3. The fourth-order valence-electron chi connectivity index (χ4n) is 3.54. The van der Waals surface area contributed by atoms with Gasteiger partial charge in [0, 0.05) is 18.6 Å². The first-order chi connectivity index (χ1) is 12.6. The van der Waals surface area contributed by atoms with Crippen molar-refractivity contribution >= 4 is 23.5 Å². The molecule has 2 aromatic rings. The highest BCUT2D eigenvalue weighted by Crippen LogP contribution is 2.34. The van der Waals surface area contributed by atoms with Crippen molar-refractivity contribution in [3.8, 4) is 5.82 Å². The number of nitrogens with one attached hydrogen (secondary N) is 2. The van der Waals surface area contributed by atoms with Gasteiger partial charge >= 0.3 is 6.03 Å². The third-order valence-electron chi connectivity index (χ3n) is 4.79. The van der Waals surface area contributed by atoms with E-state index in [0.717, 1.165) is 17.7 Å². The van der Waals surface area contributed by atoms with Crippen LogP contribution in [0.2, 0.25) is 0 Å². The van der Waals surface area contributed by atoms with E-state index in [0.29, 0.717) is 24.3 Å². The number of amides is 4. The summed E-state index contributed by atoms with van der Waals surface area (Å²) in [5, 5.41) is 9.58. The fraction of sp³-hybridized carbons (Fsp3) is 0.353. The number of rotatable bonds is 4. The minimum Gasteiger partial charge on any atom is -0.323 e. The topological polar surface area (TPSA) is 109 Å². The van der Waals surface area contributed by atoms with Gasteiger partial charge in [-0.25, -0.2) is 14.5 Å². The first-order valence-electron chi connectivity index (χ1n) is 8.48. The summed E-state index contributed by atoms with van der Waals surface area (Å²) in [7, 11) is 0. The van der Waals surface area contributed by atoms with Gasteiger partial charge < -0.3 is 10.6 Å². The number of aromatic nitrogens is 3. The molecule has 1 spiro atoms. The van der Waals surface area contributed by atoms with Gasteiger partial charge in [-0.1, -0.05) is 12.8 Å². The summed E-state index contributed by atoms with van der Waals surface area (Å²) in [4.78, 5) is 42.4. The van der Waals surface area contributed by atoms with Crippen LogP contribution in [-0.4, -0.2) is 49.6 Å². The summed E-state index contributed by atoms with van der Waals surface area (Å²) in [6.07, 6.45) is 7.95. The van der Waals surface area contributed by atoms with Gasteiger partial charge in [0.15, 0.2) is 5.82 Å². The van der Waals surface area contributed by atoms with Crippen molar-refractivity contribution in [2.45, 2.75) is 31.2 Å². The molecule has 1 saturated heterocycles. The SMILES string of the molecule is O=C(CN1C(=O)NC2(CCCC2)C1=O)Nc1cccnc1-n1cccn1. The predicted octanol–water partition coefficient (Wildman–Crippen LogP) is 1.07. The van der Waals surface area contributed by atoms with E-state index in [1.54, 1.807) is 36.8 Å². The number of imide groups is 1. The molecule has 1 saturated carbocycles. The molecule has 2 fully saturated rings. The molecule has 1 aliphatic heterocycles. The molecule has 1 aliphatic carbocycles. The summed E-state index contributed by atoms with van der Waals surface area (Å²) < 4.78 is 1.52. The van der Waals surface area contributed by atoms with Crippen LogP contribution in [0.15, 0.2) is 36.8 Å². The molecule has 2 N–H and O–H groups in total. The van der Waals surface area contributed by atoms with Crippen molar-refractivity contribution in [1.82, 2.24) is 25.0 Å². The molecule has 3 heterocycles. The van der Waals surface area contributed by atoms with E-state index in [1.807, 2.05) is 0 Å². The maximum Gasteiger partial charge on any atom is 0.325 e. The quantitative estimate of drug-likeness (QED) is 0.798. The molecule has 134 valence electrons. The van der Waals surface area contributed by atoms with Crippen molar-refractivity contribution < 1.29 is 14.4 Å². The van der Waals surface area contributed by atoms with E-state index in [9.17, 15) is 14.4 Å². The van der Waals surface area contributed by atoms with Crippen molar-refractivity contribution in [3.63, 3.8) is 0 Å². The number of carbonyl (C=O) groups is 3. The third kappa shape index (κ3) is 2.71. The zero-order valence-corrected chi connectivity index (χ0v) is 14.0. The number of pyridine rings is 1. The molecule has 0 atom stereocenters. The normalized spacial score (nSPS) is 18.4. The highest BCUT2D eigenvalue weighted by Gasteiger charge is 2.52. The van der Waals surface area contributed by atoms with Crippen molar-refractivity contribution in [2.24, 2.45) is 0 Å². The van der Waals surface area contributed by atoms with Crippen LogP contribution in [0, 0.1) is 0 Å². The van der Waals surface area contributed by atoms with Gasteiger partial charge in [-0.05, 0) is 31.0 Å². The summed E-state index contributed by atoms with van der Waals surface area (Å²) in [5.41, 5.74) is -0.366. The lowest BCUT2D eigenvalue weighted by Crippen LogP contribution is -2.44. The number of urea groups is 1. The molecule has 9 nitrogen and oxygen atoms in total. The number of hydrogen-bond donors (Lipinski definition) is 2. The molecule has 4 amide bonds. The lowest BCUT2D eigenvalue weighted by atomic mass is 9.98. The molecular formula is C17H18N6O3. The van der Waals surface area contributed by atoms with Crippen LogP contribution in [0.3, 0.4) is 0 Å². The van der Waals surface area contributed by atoms with Crippen LogP contribution in [0.1, 0.15) is 25.7 Å². The maximum atomic E-state index is 12.6. The van der Waals surface area contributed by atoms with Gasteiger partial charge in [-0.2, -0.15) is 5.10 Å². The fourth-order valence-corrected chi connectivity index (χ4v) is 3.54. The Morgan fingerprint density at radius 1 is 1.23 bits per heavy atom. The van der Waals surface area contributed by atoms with Crippen molar-refractivity contribution in [2.75, 3.05) is 11.9 Å². The van der Waals surface area contributed by atoms with Crippen molar-refractivity contribution in [1.29, 1.82) is 0 Å². The molecule has 2 aromatic heterocycles. The van der Waals surface area contributed by atoms with Gasteiger partial charge in [-0.15, -0.1) is 0 Å². The Kier molecular flexibility index (Phi) is 3.90. The standard InChI is InChI=1S/C17H18N6O3/c24-13(11-22-15(25)17(21-16(22)26)6-1-2-7-17)20-12-5-3-8-18-14(12)23-10-4-9-19-23/h3-5,8-10H,1-2,6-7,11H2,(H,20,24)(H,21,26). The smallest absolute Gasteiger partial charge is 0.323 e. The van der Waals surface area contributed by atoms with E-state index >= 15 is 0 Å². The van der Waals surface area contributed by atoms with Crippen molar-refractivity contribution in [3.05, 3.63) is 36.8 Å². The zero-order chi connectivity index (χ0) is 18.1. The second-order valence-corrected chi connectivity index (χ2v) is 6.48. The molecule has 2 aliphatic rings. The Balaban J connectivity index is 1.49. The average Bonchev–Trinajstić information content (AvgIpc) is 3.35. The van der Waals surface area contributed by atoms with Gasteiger partial charge in [0.2, 0.25) is 5.91 Å². The molecule has 0 radical (unpaired) electrons. The third-order valence-corrected chi connectivity index (χ3v) is 4.79. The van der Waals surface area contributed by atoms with Crippen LogP contribution in [0.5, 0.6) is 0 Å².